The molecule has 0 bridgehead atoms. The number of thioether (sulfide) groups is 1. The van der Waals surface area contributed by atoms with Crippen LogP contribution in [0.4, 0.5) is 0 Å². The number of carbonyl (C=O) groups excluding carboxylic acids is 2. The summed E-state index contributed by atoms with van der Waals surface area (Å²) in [5.74, 6) is 2.74. The van der Waals surface area contributed by atoms with Crippen LogP contribution < -0.4 is 0 Å². The molecular formula is C27H35N5O3S. The molecule has 4 rings (SSSR count). The number of aromatic nitrogens is 3. The lowest BCUT2D eigenvalue weighted by atomic mass is 10.1. The van der Waals surface area contributed by atoms with E-state index >= 15 is 0 Å². The molecular weight excluding hydrogens is 474 g/mol. The molecule has 2 amide bonds. The Morgan fingerprint density at radius 2 is 1.92 bits per heavy atom. The molecule has 1 aliphatic heterocycles. The molecule has 0 saturated carbocycles. The topological polar surface area (TPSA) is 84.5 Å². The van der Waals surface area contributed by atoms with E-state index in [-0.39, 0.29) is 17.9 Å². The first-order valence-electron chi connectivity index (χ1n) is 12.6. The first-order valence-corrected chi connectivity index (χ1v) is 13.6. The average Bonchev–Trinajstić information content (AvgIpc) is 3.51. The number of aryl methyl sites for hydroxylation is 1. The number of amides is 2. The van der Waals surface area contributed by atoms with Crippen LogP contribution in [0, 0.1) is 12.8 Å². The van der Waals surface area contributed by atoms with Crippen LogP contribution in [0.25, 0.3) is 17.3 Å². The molecule has 0 aliphatic carbocycles. The normalized spacial score (nSPS) is 16.1. The quantitative estimate of drug-likeness (QED) is 0.304. The molecule has 3 heterocycles. The number of hydrogen-bond donors (Lipinski definition) is 0. The van der Waals surface area contributed by atoms with Crippen LogP contribution >= 0.6 is 11.8 Å². The molecule has 1 unspecified atom stereocenters. The van der Waals surface area contributed by atoms with Gasteiger partial charge in [0.1, 0.15) is 0 Å². The van der Waals surface area contributed by atoms with E-state index in [0.717, 1.165) is 28.6 Å². The fourth-order valence-corrected chi connectivity index (χ4v) is 5.41. The lowest BCUT2D eigenvalue weighted by molar-refractivity contribution is -0.143. The van der Waals surface area contributed by atoms with Crippen molar-refractivity contribution < 1.29 is 14.0 Å². The molecule has 0 radical (unpaired) electrons. The highest BCUT2D eigenvalue weighted by Gasteiger charge is 2.29. The monoisotopic (exact) mass is 509 g/mol. The molecule has 8 nitrogen and oxygen atoms in total. The summed E-state index contributed by atoms with van der Waals surface area (Å²) in [6.45, 7) is 10.0. The van der Waals surface area contributed by atoms with Gasteiger partial charge in [-0.2, -0.15) is 0 Å². The molecule has 1 fully saturated rings. The van der Waals surface area contributed by atoms with Crippen molar-refractivity contribution in [2.45, 2.75) is 58.2 Å². The summed E-state index contributed by atoms with van der Waals surface area (Å²) in [5, 5.41) is 9.61. The van der Waals surface area contributed by atoms with Crippen LogP contribution in [0.2, 0.25) is 0 Å². The minimum absolute atomic E-state index is 0.0519. The molecule has 0 spiro atoms. The maximum absolute atomic E-state index is 12.9. The molecule has 2 aromatic heterocycles. The number of nitrogens with zero attached hydrogens (tertiary/aromatic N) is 5. The minimum Gasteiger partial charge on any atom is -0.461 e. The van der Waals surface area contributed by atoms with Gasteiger partial charge in [-0.1, -0.05) is 43.8 Å². The third-order valence-corrected chi connectivity index (χ3v) is 7.40. The van der Waals surface area contributed by atoms with Gasteiger partial charge in [0.15, 0.2) is 10.9 Å². The third kappa shape index (κ3) is 6.00. The van der Waals surface area contributed by atoms with Crippen molar-refractivity contribution in [3.63, 3.8) is 0 Å². The Balaban J connectivity index is 1.34. The fraction of sp³-hybridized carbons (Fsp3) is 0.481. The van der Waals surface area contributed by atoms with Crippen molar-refractivity contribution in [2.24, 2.45) is 5.92 Å². The second-order valence-corrected chi connectivity index (χ2v) is 10.8. The molecule has 1 aliphatic rings. The maximum Gasteiger partial charge on any atom is 0.223 e. The largest absolute Gasteiger partial charge is 0.461 e. The average molecular weight is 510 g/mol. The molecule has 0 N–H and O–H groups in total. The second kappa shape index (κ2) is 11.8. The van der Waals surface area contributed by atoms with Crippen molar-refractivity contribution in [1.82, 2.24) is 24.6 Å². The number of benzene rings is 1. The molecule has 36 heavy (non-hydrogen) atoms. The van der Waals surface area contributed by atoms with Crippen molar-refractivity contribution in [3.8, 4) is 17.3 Å². The van der Waals surface area contributed by atoms with Gasteiger partial charge in [-0.3, -0.25) is 14.2 Å². The van der Waals surface area contributed by atoms with Gasteiger partial charge in [-0.25, -0.2) is 0 Å². The molecule has 1 aromatic carbocycles. The number of hydrogen-bond acceptors (Lipinski definition) is 6. The predicted octanol–water partition coefficient (Wildman–Crippen LogP) is 4.81. The standard InChI is InChI=1S/C27H35N5O3S/c1-19(2)17-25(34)31-14-13-30(18-21(31)4)24(33)12-8-16-36-27-29-28-26(23-11-7-15-35-23)32(27)22-10-6-5-9-20(22)3/h5-7,9-11,15,19,21H,8,12-14,16-18H2,1-4H3. The molecule has 9 heteroatoms. The summed E-state index contributed by atoms with van der Waals surface area (Å²) in [6.07, 6.45) is 3.40. The first kappa shape index (κ1) is 26.0. The van der Waals surface area contributed by atoms with Gasteiger partial charge in [0.2, 0.25) is 17.6 Å². The summed E-state index contributed by atoms with van der Waals surface area (Å²) in [5.41, 5.74) is 2.12. The summed E-state index contributed by atoms with van der Waals surface area (Å²) in [6, 6.07) is 11.9. The zero-order chi connectivity index (χ0) is 25.7. The van der Waals surface area contributed by atoms with E-state index in [1.807, 2.05) is 51.6 Å². The Morgan fingerprint density at radius 1 is 1.11 bits per heavy atom. The van der Waals surface area contributed by atoms with Crippen molar-refractivity contribution in [1.29, 1.82) is 0 Å². The zero-order valence-electron chi connectivity index (χ0n) is 21.5. The summed E-state index contributed by atoms with van der Waals surface area (Å²) < 4.78 is 7.63. The number of rotatable bonds is 9. The number of carbonyl (C=O) groups is 2. The Kier molecular flexibility index (Phi) is 8.51. The fourth-order valence-electron chi connectivity index (χ4n) is 4.53. The van der Waals surface area contributed by atoms with Crippen LogP contribution in [0.15, 0.2) is 52.2 Å². The lowest BCUT2D eigenvalue weighted by Crippen LogP contribution is -2.55. The van der Waals surface area contributed by atoms with E-state index in [0.29, 0.717) is 50.0 Å². The highest BCUT2D eigenvalue weighted by molar-refractivity contribution is 7.99. The minimum atomic E-state index is 0.0519. The van der Waals surface area contributed by atoms with E-state index in [4.69, 9.17) is 4.42 Å². The number of para-hydroxylation sites is 1. The van der Waals surface area contributed by atoms with Crippen LogP contribution in [0.3, 0.4) is 0 Å². The van der Waals surface area contributed by atoms with Crippen molar-refractivity contribution in [2.75, 3.05) is 25.4 Å². The van der Waals surface area contributed by atoms with E-state index in [1.165, 1.54) is 0 Å². The van der Waals surface area contributed by atoms with E-state index in [9.17, 15) is 9.59 Å². The van der Waals surface area contributed by atoms with Crippen molar-refractivity contribution in [3.05, 3.63) is 48.2 Å². The summed E-state index contributed by atoms with van der Waals surface area (Å²) >= 11 is 1.59. The summed E-state index contributed by atoms with van der Waals surface area (Å²) in [4.78, 5) is 29.2. The lowest BCUT2D eigenvalue weighted by Gasteiger charge is -2.40. The Labute approximate surface area is 217 Å². The number of furan rings is 1. The Hall–Kier alpha value is -3.07. The molecule has 1 atom stereocenters. The van der Waals surface area contributed by atoms with E-state index in [2.05, 4.69) is 37.0 Å². The smallest absolute Gasteiger partial charge is 0.223 e. The van der Waals surface area contributed by atoms with E-state index < -0.39 is 0 Å². The van der Waals surface area contributed by atoms with Crippen LogP contribution in [0.1, 0.15) is 45.6 Å². The summed E-state index contributed by atoms with van der Waals surface area (Å²) in [7, 11) is 0. The van der Waals surface area contributed by atoms with Gasteiger partial charge in [0.25, 0.3) is 0 Å². The van der Waals surface area contributed by atoms with Gasteiger partial charge < -0.3 is 14.2 Å². The highest BCUT2D eigenvalue weighted by atomic mass is 32.2. The predicted molar refractivity (Wildman–Crippen MR) is 141 cm³/mol. The van der Waals surface area contributed by atoms with Crippen LogP contribution in [-0.4, -0.2) is 67.8 Å². The van der Waals surface area contributed by atoms with Crippen LogP contribution in [-0.2, 0) is 9.59 Å². The molecule has 3 aromatic rings. The van der Waals surface area contributed by atoms with E-state index in [1.54, 1.807) is 18.0 Å². The van der Waals surface area contributed by atoms with Gasteiger partial charge >= 0.3 is 0 Å². The molecule has 192 valence electrons. The highest BCUT2D eigenvalue weighted by Crippen LogP contribution is 2.30. The number of piperazine rings is 1. The first-order chi connectivity index (χ1) is 17.3. The SMILES string of the molecule is Cc1ccccc1-n1c(SCCCC(=O)N2CCN(C(=O)CC(C)C)C(C)C2)nnc1-c1ccco1. The zero-order valence-corrected chi connectivity index (χ0v) is 22.3. The Morgan fingerprint density at radius 3 is 2.61 bits per heavy atom. The van der Waals surface area contributed by atoms with Gasteiger partial charge in [0, 0.05) is 44.3 Å². The molecule has 1 saturated heterocycles. The van der Waals surface area contributed by atoms with Crippen molar-refractivity contribution >= 4 is 23.6 Å². The Bertz CT molecular complexity index is 1170. The maximum atomic E-state index is 12.9. The van der Waals surface area contributed by atoms with Gasteiger partial charge in [-0.15, -0.1) is 10.2 Å². The van der Waals surface area contributed by atoms with Gasteiger partial charge in [0.05, 0.1) is 12.0 Å². The van der Waals surface area contributed by atoms with Crippen LogP contribution in [0.5, 0.6) is 0 Å². The third-order valence-electron chi connectivity index (χ3n) is 6.38. The second-order valence-electron chi connectivity index (χ2n) is 9.73. The van der Waals surface area contributed by atoms with Gasteiger partial charge in [-0.05, 0) is 49.9 Å².